The van der Waals surface area contributed by atoms with Crippen molar-refractivity contribution < 1.29 is 4.79 Å². The van der Waals surface area contributed by atoms with Gasteiger partial charge in [-0.1, -0.05) is 6.07 Å². The maximum Gasteiger partial charge on any atom is 0.276 e. The molecular formula is C13H15N5O. The molecule has 98 valence electrons. The lowest BCUT2D eigenvalue weighted by atomic mass is 10.2. The lowest BCUT2D eigenvalue weighted by Crippen LogP contribution is -2.31. The smallest absolute Gasteiger partial charge is 0.276 e. The lowest BCUT2D eigenvalue weighted by molar-refractivity contribution is 0.0734. The summed E-state index contributed by atoms with van der Waals surface area (Å²) in [6, 6.07) is 5.41. The molecule has 2 heterocycles. The van der Waals surface area contributed by atoms with E-state index in [0.29, 0.717) is 0 Å². The second kappa shape index (κ2) is 5.43. The molecule has 0 aromatic carbocycles. The second-order valence-electron chi connectivity index (χ2n) is 4.14. The topological polar surface area (TPSA) is 85.0 Å². The van der Waals surface area contributed by atoms with E-state index in [9.17, 15) is 4.79 Å². The summed E-state index contributed by atoms with van der Waals surface area (Å²) in [5.41, 5.74) is 6.63. The number of hydrogen-bond acceptors (Lipinski definition) is 5. The van der Waals surface area contributed by atoms with Gasteiger partial charge in [0.15, 0.2) is 11.5 Å². The standard InChI is InChI=1S/C13H15N5O/c1-9(10-5-3-4-6-15-10)18(2)13(19)11-12(14)17-8-7-16-11/h3-9H,1-2H3,(H2,14,17)/t9-/m0/s1. The molecule has 0 unspecified atom stereocenters. The van der Waals surface area contributed by atoms with Crippen molar-refractivity contribution in [1.82, 2.24) is 19.9 Å². The zero-order valence-corrected chi connectivity index (χ0v) is 10.8. The zero-order chi connectivity index (χ0) is 13.8. The molecule has 0 aliphatic carbocycles. The van der Waals surface area contributed by atoms with Crippen molar-refractivity contribution in [2.45, 2.75) is 13.0 Å². The fraction of sp³-hybridized carbons (Fsp3) is 0.231. The maximum atomic E-state index is 12.3. The van der Waals surface area contributed by atoms with E-state index in [4.69, 9.17) is 5.73 Å². The minimum absolute atomic E-state index is 0.132. The Kier molecular flexibility index (Phi) is 3.70. The quantitative estimate of drug-likeness (QED) is 0.895. The van der Waals surface area contributed by atoms with Gasteiger partial charge in [-0.25, -0.2) is 9.97 Å². The van der Waals surface area contributed by atoms with Crippen LogP contribution in [0.4, 0.5) is 5.82 Å². The predicted octanol–water partition coefficient (Wildman–Crippen LogP) is 1.29. The largest absolute Gasteiger partial charge is 0.382 e. The maximum absolute atomic E-state index is 12.3. The van der Waals surface area contributed by atoms with Crippen LogP contribution in [0.3, 0.4) is 0 Å². The number of nitrogen functional groups attached to an aromatic ring is 1. The van der Waals surface area contributed by atoms with Crippen molar-refractivity contribution in [1.29, 1.82) is 0 Å². The molecule has 0 aliphatic heterocycles. The normalized spacial score (nSPS) is 11.9. The highest BCUT2D eigenvalue weighted by Crippen LogP contribution is 2.19. The Labute approximate surface area is 111 Å². The summed E-state index contributed by atoms with van der Waals surface area (Å²) < 4.78 is 0. The molecule has 1 amide bonds. The Balaban J connectivity index is 2.23. The van der Waals surface area contributed by atoms with Gasteiger partial charge >= 0.3 is 0 Å². The minimum atomic E-state index is -0.274. The van der Waals surface area contributed by atoms with Crippen molar-refractivity contribution in [3.8, 4) is 0 Å². The van der Waals surface area contributed by atoms with Gasteiger partial charge in [0.1, 0.15) is 0 Å². The zero-order valence-electron chi connectivity index (χ0n) is 10.8. The van der Waals surface area contributed by atoms with Gasteiger partial charge in [-0.05, 0) is 19.1 Å². The van der Waals surface area contributed by atoms with E-state index in [-0.39, 0.29) is 23.5 Å². The van der Waals surface area contributed by atoms with Crippen LogP contribution in [0.15, 0.2) is 36.8 Å². The van der Waals surface area contributed by atoms with E-state index < -0.39 is 0 Å². The van der Waals surface area contributed by atoms with Gasteiger partial charge in [-0.15, -0.1) is 0 Å². The molecule has 0 saturated heterocycles. The van der Waals surface area contributed by atoms with E-state index in [1.54, 1.807) is 18.1 Å². The van der Waals surface area contributed by atoms with Crippen LogP contribution in [0.2, 0.25) is 0 Å². The van der Waals surface area contributed by atoms with Crippen LogP contribution in [0.5, 0.6) is 0 Å². The summed E-state index contributed by atoms with van der Waals surface area (Å²) >= 11 is 0. The molecule has 1 atom stereocenters. The average molecular weight is 257 g/mol. The van der Waals surface area contributed by atoms with Crippen LogP contribution in [-0.4, -0.2) is 32.8 Å². The fourth-order valence-corrected chi connectivity index (χ4v) is 1.68. The van der Waals surface area contributed by atoms with E-state index in [1.807, 2.05) is 25.1 Å². The third kappa shape index (κ3) is 2.67. The highest BCUT2D eigenvalue weighted by Gasteiger charge is 2.22. The summed E-state index contributed by atoms with van der Waals surface area (Å²) in [4.78, 5) is 25.9. The lowest BCUT2D eigenvalue weighted by Gasteiger charge is -2.24. The van der Waals surface area contributed by atoms with Gasteiger partial charge in [0, 0.05) is 25.6 Å². The molecule has 2 rings (SSSR count). The summed E-state index contributed by atoms with van der Waals surface area (Å²) in [6.07, 6.45) is 4.60. The number of pyridine rings is 1. The Morgan fingerprint density at radius 1 is 1.21 bits per heavy atom. The number of amides is 1. The van der Waals surface area contributed by atoms with Crippen molar-refractivity contribution in [2.75, 3.05) is 12.8 Å². The third-order valence-corrected chi connectivity index (χ3v) is 2.95. The van der Waals surface area contributed by atoms with Crippen molar-refractivity contribution in [3.05, 3.63) is 48.2 Å². The number of carbonyl (C=O) groups excluding carboxylic acids is 1. The second-order valence-corrected chi connectivity index (χ2v) is 4.14. The molecule has 0 fully saturated rings. The molecule has 2 N–H and O–H groups in total. The highest BCUT2D eigenvalue weighted by atomic mass is 16.2. The molecule has 2 aromatic rings. The summed E-state index contributed by atoms with van der Waals surface area (Å²) in [5, 5.41) is 0. The SMILES string of the molecule is C[C@@H](c1ccccn1)N(C)C(=O)c1nccnc1N. The average Bonchev–Trinajstić information content (AvgIpc) is 2.46. The number of nitrogens with two attached hydrogens (primary N) is 1. The van der Waals surface area contributed by atoms with Crippen LogP contribution in [0, 0.1) is 0 Å². The number of nitrogens with zero attached hydrogens (tertiary/aromatic N) is 4. The Bertz CT molecular complexity index is 572. The van der Waals surface area contributed by atoms with Crippen molar-refractivity contribution in [2.24, 2.45) is 0 Å². The minimum Gasteiger partial charge on any atom is -0.382 e. The molecule has 6 heteroatoms. The molecule has 0 saturated carbocycles. The Morgan fingerprint density at radius 3 is 2.58 bits per heavy atom. The van der Waals surface area contributed by atoms with Crippen molar-refractivity contribution >= 4 is 11.7 Å². The monoisotopic (exact) mass is 257 g/mol. The van der Waals surface area contributed by atoms with Crippen LogP contribution in [0.1, 0.15) is 29.1 Å². The Hall–Kier alpha value is -2.50. The van der Waals surface area contributed by atoms with Crippen LogP contribution in [0.25, 0.3) is 0 Å². The summed E-state index contributed by atoms with van der Waals surface area (Å²) in [7, 11) is 1.69. The number of rotatable bonds is 3. The number of anilines is 1. The van der Waals surface area contributed by atoms with E-state index in [0.717, 1.165) is 5.69 Å². The first-order valence-electron chi connectivity index (χ1n) is 5.86. The molecule has 0 bridgehead atoms. The summed E-state index contributed by atoms with van der Waals surface area (Å²) in [5.74, 6) is -0.142. The number of hydrogen-bond donors (Lipinski definition) is 1. The predicted molar refractivity (Wildman–Crippen MR) is 71.2 cm³/mol. The first-order valence-corrected chi connectivity index (χ1v) is 5.86. The van der Waals surface area contributed by atoms with E-state index in [2.05, 4.69) is 15.0 Å². The van der Waals surface area contributed by atoms with Gasteiger partial charge in [-0.3, -0.25) is 9.78 Å². The highest BCUT2D eigenvalue weighted by molar-refractivity contribution is 5.96. The first-order chi connectivity index (χ1) is 9.11. The van der Waals surface area contributed by atoms with Gasteiger partial charge in [0.05, 0.1) is 11.7 Å². The van der Waals surface area contributed by atoms with Crippen molar-refractivity contribution in [3.63, 3.8) is 0 Å². The third-order valence-electron chi connectivity index (χ3n) is 2.95. The van der Waals surface area contributed by atoms with Gasteiger partial charge in [-0.2, -0.15) is 0 Å². The summed E-state index contributed by atoms with van der Waals surface area (Å²) in [6.45, 7) is 1.90. The van der Waals surface area contributed by atoms with Gasteiger partial charge in [0.2, 0.25) is 0 Å². The molecule has 0 aliphatic rings. The molecule has 0 spiro atoms. The van der Waals surface area contributed by atoms with Crippen LogP contribution >= 0.6 is 0 Å². The molecule has 0 radical (unpaired) electrons. The molecular weight excluding hydrogens is 242 g/mol. The molecule has 2 aromatic heterocycles. The molecule has 6 nitrogen and oxygen atoms in total. The van der Waals surface area contributed by atoms with Crippen LogP contribution < -0.4 is 5.73 Å². The Morgan fingerprint density at radius 2 is 1.95 bits per heavy atom. The fourth-order valence-electron chi connectivity index (χ4n) is 1.68. The van der Waals surface area contributed by atoms with Crippen LogP contribution in [-0.2, 0) is 0 Å². The first kappa shape index (κ1) is 12.9. The van der Waals surface area contributed by atoms with E-state index in [1.165, 1.54) is 12.4 Å². The number of carbonyl (C=O) groups is 1. The number of aromatic nitrogens is 3. The van der Waals surface area contributed by atoms with Gasteiger partial charge in [0.25, 0.3) is 5.91 Å². The van der Waals surface area contributed by atoms with E-state index >= 15 is 0 Å². The molecule has 19 heavy (non-hydrogen) atoms. The van der Waals surface area contributed by atoms with Gasteiger partial charge < -0.3 is 10.6 Å².